The molecule has 100 valence electrons. The molecule has 1 aliphatic heterocycles. The van der Waals surface area contributed by atoms with E-state index in [0.717, 1.165) is 13.1 Å². The van der Waals surface area contributed by atoms with Crippen LogP contribution in [0.4, 0.5) is 4.39 Å². The van der Waals surface area contributed by atoms with Crippen molar-refractivity contribution in [3.63, 3.8) is 0 Å². The van der Waals surface area contributed by atoms with Crippen molar-refractivity contribution in [1.82, 2.24) is 10.4 Å². The molecule has 0 saturated carbocycles. The zero-order chi connectivity index (χ0) is 13.1. The molecule has 3 nitrogen and oxygen atoms in total. The average Bonchev–Trinajstić information content (AvgIpc) is 2.35. The summed E-state index contributed by atoms with van der Waals surface area (Å²) in [6, 6.07) is 2.73. The molecule has 18 heavy (non-hydrogen) atoms. The lowest BCUT2D eigenvalue weighted by Gasteiger charge is -2.30. The van der Waals surface area contributed by atoms with Gasteiger partial charge in [-0.05, 0) is 24.6 Å². The molecule has 0 amide bonds. The van der Waals surface area contributed by atoms with E-state index in [1.807, 2.05) is 6.92 Å². The molecule has 1 N–H and O–H groups in total. The second-order valence-corrected chi connectivity index (χ2v) is 5.05. The summed E-state index contributed by atoms with van der Waals surface area (Å²) in [6.07, 6.45) is 0. The van der Waals surface area contributed by atoms with E-state index < -0.39 is 5.82 Å². The highest BCUT2D eigenvalue weighted by Crippen LogP contribution is 2.28. The molecular formula is C12H15Cl2FN2O. The fourth-order valence-electron chi connectivity index (χ4n) is 1.91. The summed E-state index contributed by atoms with van der Waals surface area (Å²) < 4.78 is 18.7. The van der Waals surface area contributed by atoms with Crippen LogP contribution in [0.2, 0.25) is 10.0 Å². The predicted molar refractivity (Wildman–Crippen MR) is 70.4 cm³/mol. The molecule has 0 aromatic heterocycles. The van der Waals surface area contributed by atoms with E-state index in [4.69, 9.17) is 27.9 Å². The number of rotatable bonds is 3. The molecule has 2 rings (SSSR count). The number of morpholine rings is 1. The van der Waals surface area contributed by atoms with E-state index in [-0.39, 0.29) is 11.1 Å². The van der Waals surface area contributed by atoms with Gasteiger partial charge in [0.2, 0.25) is 0 Å². The maximum absolute atomic E-state index is 13.4. The Morgan fingerprint density at radius 3 is 2.61 bits per heavy atom. The van der Waals surface area contributed by atoms with Gasteiger partial charge in [0.05, 0.1) is 18.2 Å². The molecule has 0 bridgehead atoms. The van der Waals surface area contributed by atoms with Crippen molar-refractivity contribution in [2.75, 3.05) is 26.3 Å². The number of nitrogens with zero attached hydrogens (tertiary/aromatic N) is 1. The zero-order valence-electron chi connectivity index (χ0n) is 10.0. The molecule has 1 heterocycles. The SMILES string of the molecule is CC(NN1CCOCC1)c1cc(F)c(Cl)cc1Cl. The molecule has 1 aliphatic rings. The third kappa shape index (κ3) is 3.33. The largest absolute Gasteiger partial charge is 0.379 e. The summed E-state index contributed by atoms with van der Waals surface area (Å²) >= 11 is 11.8. The van der Waals surface area contributed by atoms with Crippen LogP contribution in [0.1, 0.15) is 18.5 Å². The van der Waals surface area contributed by atoms with Crippen molar-refractivity contribution in [3.8, 4) is 0 Å². The fourth-order valence-corrected chi connectivity index (χ4v) is 2.45. The second kappa shape index (κ2) is 6.17. The second-order valence-electron chi connectivity index (χ2n) is 4.24. The van der Waals surface area contributed by atoms with E-state index in [1.165, 1.54) is 12.1 Å². The van der Waals surface area contributed by atoms with Gasteiger partial charge < -0.3 is 4.74 Å². The van der Waals surface area contributed by atoms with Crippen molar-refractivity contribution in [1.29, 1.82) is 0 Å². The number of ether oxygens (including phenoxy) is 1. The smallest absolute Gasteiger partial charge is 0.142 e. The van der Waals surface area contributed by atoms with E-state index in [1.54, 1.807) is 0 Å². The van der Waals surface area contributed by atoms with E-state index in [9.17, 15) is 4.39 Å². The highest BCUT2D eigenvalue weighted by molar-refractivity contribution is 6.35. The number of benzene rings is 1. The van der Waals surface area contributed by atoms with Gasteiger partial charge in [-0.15, -0.1) is 0 Å². The molecule has 1 atom stereocenters. The first kappa shape index (κ1) is 14.0. The van der Waals surface area contributed by atoms with Crippen LogP contribution < -0.4 is 5.43 Å². The molecule has 1 aromatic carbocycles. The van der Waals surface area contributed by atoms with Crippen LogP contribution >= 0.6 is 23.2 Å². The first-order valence-electron chi connectivity index (χ1n) is 5.81. The molecule has 0 spiro atoms. The Hall–Kier alpha value is -0.390. The Kier molecular flexibility index (Phi) is 4.81. The lowest BCUT2D eigenvalue weighted by atomic mass is 10.1. The topological polar surface area (TPSA) is 24.5 Å². The van der Waals surface area contributed by atoms with Gasteiger partial charge in [-0.2, -0.15) is 0 Å². The van der Waals surface area contributed by atoms with Crippen LogP contribution in [-0.4, -0.2) is 31.3 Å². The van der Waals surface area contributed by atoms with Crippen LogP contribution in [0.15, 0.2) is 12.1 Å². The van der Waals surface area contributed by atoms with Crippen molar-refractivity contribution in [2.45, 2.75) is 13.0 Å². The minimum Gasteiger partial charge on any atom is -0.379 e. The van der Waals surface area contributed by atoms with Crippen LogP contribution in [0, 0.1) is 5.82 Å². The summed E-state index contributed by atoms with van der Waals surface area (Å²) in [4.78, 5) is 0. The average molecular weight is 293 g/mol. The highest BCUT2D eigenvalue weighted by atomic mass is 35.5. The lowest BCUT2D eigenvalue weighted by molar-refractivity contribution is 0.00483. The minimum atomic E-state index is -0.452. The molecule has 6 heteroatoms. The normalized spacial score (nSPS) is 18.9. The Morgan fingerprint density at radius 1 is 1.28 bits per heavy atom. The van der Waals surface area contributed by atoms with Gasteiger partial charge in [0, 0.05) is 24.2 Å². The highest BCUT2D eigenvalue weighted by Gasteiger charge is 2.17. The third-order valence-electron chi connectivity index (χ3n) is 2.89. The first-order chi connectivity index (χ1) is 8.58. The number of hydrazine groups is 1. The molecule has 1 aromatic rings. The molecule has 1 saturated heterocycles. The Balaban J connectivity index is 2.08. The molecular weight excluding hydrogens is 278 g/mol. The van der Waals surface area contributed by atoms with Gasteiger partial charge in [0.25, 0.3) is 0 Å². The van der Waals surface area contributed by atoms with Crippen LogP contribution in [0.3, 0.4) is 0 Å². The molecule has 1 unspecified atom stereocenters. The van der Waals surface area contributed by atoms with Gasteiger partial charge in [0.15, 0.2) is 0 Å². The lowest BCUT2D eigenvalue weighted by Crippen LogP contribution is -2.46. The summed E-state index contributed by atoms with van der Waals surface area (Å²) in [6.45, 7) is 4.94. The van der Waals surface area contributed by atoms with Crippen molar-refractivity contribution < 1.29 is 9.13 Å². The maximum atomic E-state index is 13.4. The number of nitrogens with one attached hydrogen (secondary N) is 1. The Labute approximate surface area is 116 Å². The molecule has 0 radical (unpaired) electrons. The van der Waals surface area contributed by atoms with Crippen molar-refractivity contribution in [2.24, 2.45) is 0 Å². The predicted octanol–water partition coefficient (Wildman–Crippen LogP) is 3.03. The summed E-state index contributed by atoms with van der Waals surface area (Å²) in [5, 5.41) is 2.56. The first-order valence-corrected chi connectivity index (χ1v) is 6.57. The Bertz CT molecular complexity index is 425. The minimum absolute atomic E-state index is 0.0438. The van der Waals surface area contributed by atoms with E-state index >= 15 is 0 Å². The van der Waals surface area contributed by atoms with Crippen molar-refractivity contribution >= 4 is 23.2 Å². The van der Waals surface area contributed by atoms with Crippen LogP contribution in [0.25, 0.3) is 0 Å². The van der Waals surface area contributed by atoms with Gasteiger partial charge in [-0.3, -0.25) is 0 Å². The summed E-state index contributed by atoms with van der Waals surface area (Å²) in [5.41, 5.74) is 3.98. The quantitative estimate of drug-likeness (QED) is 0.867. The van der Waals surface area contributed by atoms with Crippen LogP contribution in [-0.2, 0) is 4.74 Å². The third-order valence-corrected chi connectivity index (χ3v) is 3.51. The standard InChI is InChI=1S/C12H15Cl2FN2O/c1-8(16-17-2-4-18-5-3-17)9-6-12(15)11(14)7-10(9)13/h6-8,16H,2-5H2,1H3. The van der Waals surface area contributed by atoms with Gasteiger partial charge >= 0.3 is 0 Å². The van der Waals surface area contributed by atoms with Gasteiger partial charge in [-0.25, -0.2) is 14.8 Å². The van der Waals surface area contributed by atoms with Gasteiger partial charge in [0.1, 0.15) is 5.82 Å². The molecule has 0 aliphatic carbocycles. The Morgan fingerprint density at radius 2 is 1.94 bits per heavy atom. The summed E-state index contributed by atoms with van der Waals surface area (Å²) in [7, 11) is 0. The van der Waals surface area contributed by atoms with Crippen molar-refractivity contribution in [3.05, 3.63) is 33.6 Å². The van der Waals surface area contributed by atoms with E-state index in [2.05, 4.69) is 10.4 Å². The van der Waals surface area contributed by atoms with Gasteiger partial charge in [-0.1, -0.05) is 23.2 Å². The van der Waals surface area contributed by atoms with Crippen LogP contribution in [0.5, 0.6) is 0 Å². The fraction of sp³-hybridized carbons (Fsp3) is 0.500. The zero-order valence-corrected chi connectivity index (χ0v) is 11.6. The maximum Gasteiger partial charge on any atom is 0.142 e. The molecule has 1 fully saturated rings. The number of hydrogen-bond acceptors (Lipinski definition) is 3. The monoisotopic (exact) mass is 292 g/mol. The van der Waals surface area contributed by atoms with E-state index in [0.29, 0.717) is 23.8 Å². The summed E-state index contributed by atoms with van der Waals surface area (Å²) in [5.74, 6) is -0.452. The number of halogens is 3. The number of hydrogen-bond donors (Lipinski definition) is 1.